The molecule has 0 saturated carbocycles. The van der Waals surface area contributed by atoms with Gasteiger partial charge in [0.15, 0.2) is 0 Å². The van der Waals surface area contributed by atoms with Gasteiger partial charge in [-0.2, -0.15) is 5.26 Å². The molecule has 1 amide bonds. The molecule has 34 heavy (non-hydrogen) atoms. The van der Waals surface area contributed by atoms with Crippen molar-refractivity contribution in [2.75, 3.05) is 5.32 Å². The Balaban J connectivity index is 1.79. The Kier molecular flexibility index (Phi) is 7.87. The quantitative estimate of drug-likeness (QED) is 0.102. The van der Waals surface area contributed by atoms with E-state index in [9.17, 15) is 25.0 Å². The number of hydrogen-bond donors (Lipinski definition) is 1. The van der Waals surface area contributed by atoms with Crippen LogP contribution in [0.1, 0.15) is 15.9 Å². The summed E-state index contributed by atoms with van der Waals surface area (Å²) < 4.78 is 5.33. The van der Waals surface area contributed by atoms with E-state index in [1.54, 1.807) is 30.3 Å². The predicted molar refractivity (Wildman–Crippen MR) is 128 cm³/mol. The van der Waals surface area contributed by atoms with Crippen molar-refractivity contribution in [2.24, 2.45) is 0 Å². The van der Waals surface area contributed by atoms with Gasteiger partial charge in [0.2, 0.25) is 0 Å². The van der Waals surface area contributed by atoms with Gasteiger partial charge in [-0.25, -0.2) is 4.79 Å². The van der Waals surface area contributed by atoms with Crippen LogP contribution in [-0.4, -0.2) is 16.8 Å². The number of non-ortho nitro benzene ring substituents is 1. The molecule has 8 nitrogen and oxygen atoms in total. The lowest BCUT2D eigenvalue weighted by Gasteiger charge is -2.09. The largest absolute Gasteiger partial charge is 0.423 e. The highest BCUT2D eigenvalue weighted by atomic mass is 35.5. The Bertz CT molecular complexity index is 1340. The molecule has 0 heterocycles. The fraction of sp³-hybridized carbons (Fsp3) is 0. The molecular weight excluding hydrogens is 505 g/mol. The molecular formula is C23H12Cl3N3O5. The lowest BCUT2D eigenvalue weighted by Crippen LogP contribution is -2.14. The first-order chi connectivity index (χ1) is 16.2. The van der Waals surface area contributed by atoms with Gasteiger partial charge in [0.1, 0.15) is 17.4 Å². The van der Waals surface area contributed by atoms with Gasteiger partial charge in [-0.05, 0) is 48.0 Å². The van der Waals surface area contributed by atoms with E-state index >= 15 is 0 Å². The van der Waals surface area contributed by atoms with Gasteiger partial charge < -0.3 is 10.1 Å². The van der Waals surface area contributed by atoms with Crippen molar-refractivity contribution in [1.82, 2.24) is 0 Å². The Morgan fingerprint density at radius 1 is 1.03 bits per heavy atom. The van der Waals surface area contributed by atoms with E-state index in [0.717, 1.165) is 12.1 Å². The van der Waals surface area contributed by atoms with Crippen LogP contribution < -0.4 is 10.1 Å². The van der Waals surface area contributed by atoms with E-state index in [1.807, 2.05) is 0 Å². The monoisotopic (exact) mass is 515 g/mol. The Labute approximate surface area is 208 Å². The predicted octanol–water partition coefficient (Wildman–Crippen LogP) is 6.32. The van der Waals surface area contributed by atoms with Crippen molar-refractivity contribution in [3.8, 4) is 11.8 Å². The molecule has 170 valence electrons. The Morgan fingerprint density at radius 3 is 2.26 bits per heavy atom. The number of nitro groups is 1. The third-order valence-corrected chi connectivity index (χ3v) is 5.15. The van der Waals surface area contributed by atoms with Gasteiger partial charge in [-0.15, -0.1) is 0 Å². The second-order valence-electron chi connectivity index (χ2n) is 6.63. The maximum atomic E-state index is 12.6. The summed E-state index contributed by atoms with van der Waals surface area (Å²) in [5.41, 5.74) is -0.0558. The minimum absolute atomic E-state index is 0.0780. The highest BCUT2D eigenvalue weighted by Gasteiger charge is 2.18. The summed E-state index contributed by atoms with van der Waals surface area (Å²) in [6.07, 6.45) is 1.27. The maximum Gasteiger partial charge on any atom is 0.343 e. The van der Waals surface area contributed by atoms with Crippen LogP contribution in [0.2, 0.25) is 15.1 Å². The van der Waals surface area contributed by atoms with Gasteiger partial charge >= 0.3 is 5.97 Å². The number of hydrogen-bond acceptors (Lipinski definition) is 6. The number of carbonyl (C=O) groups is 2. The van der Waals surface area contributed by atoms with Gasteiger partial charge in [0.05, 0.1) is 26.2 Å². The van der Waals surface area contributed by atoms with Gasteiger partial charge in [-0.1, -0.05) is 46.9 Å². The Hall–Kier alpha value is -3.90. The van der Waals surface area contributed by atoms with Crippen LogP contribution in [-0.2, 0) is 4.79 Å². The highest BCUT2D eigenvalue weighted by molar-refractivity contribution is 6.40. The summed E-state index contributed by atoms with van der Waals surface area (Å²) in [5.74, 6) is -1.27. The topological polar surface area (TPSA) is 122 Å². The average Bonchev–Trinajstić information content (AvgIpc) is 2.80. The Morgan fingerprint density at radius 2 is 1.68 bits per heavy atom. The summed E-state index contributed by atoms with van der Waals surface area (Å²) in [7, 11) is 0. The first kappa shape index (κ1) is 24.7. The molecule has 0 aliphatic rings. The minimum atomic E-state index is -0.844. The number of esters is 1. The number of nitro benzene ring substituents is 1. The van der Waals surface area contributed by atoms with Crippen molar-refractivity contribution in [1.29, 1.82) is 5.26 Å². The number of nitriles is 1. The van der Waals surface area contributed by atoms with Crippen LogP contribution in [0.15, 0.2) is 66.2 Å². The minimum Gasteiger partial charge on any atom is -0.423 e. The second kappa shape index (κ2) is 10.8. The first-order valence-corrected chi connectivity index (χ1v) is 10.5. The van der Waals surface area contributed by atoms with Crippen LogP contribution >= 0.6 is 34.8 Å². The van der Waals surface area contributed by atoms with E-state index < -0.39 is 16.8 Å². The number of amides is 1. The number of nitrogens with zero attached hydrogens (tertiary/aromatic N) is 2. The number of anilines is 1. The van der Waals surface area contributed by atoms with Crippen molar-refractivity contribution in [3.05, 3.63) is 103 Å². The zero-order valence-electron chi connectivity index (χ0n) is 16.9. The highest BCUT2D eigenvalue weighted by Crippen LogP contribution is 2.35. The van der Waals surface area contributed by atoms with Crippen LogP contribution in [0.25, 0.3) is 6.08 Å². The first-order valence-electron chi connectivity index (χ1n) is 9.32. The smallest absolute Gasteiger partial charge is 0.343 e. The number of carbonyl (C=O) groups excluding carboxylic acids is 2. The molecule has 0 unspecified atom stereocenters. The summed E-state index contributed by atoms with van der Waals surface area (Å²) in [6, 6.07) is 16.1. The number of rotatable bonds is 6. The zero-order chi connectivity index (χ0) is 24.8. The molecule has 0 radical (unpaired) electrons. The SMILES string of the molecule is N#C/C(=C\c1cccc(OC(=O)c2ccc(Cl)cc2)c1)C(=O)Nc1c(Cl)cc([N+](=O)[O-])cc1Cl. The van der Waals surface area contributed by atoms with Crippen molar-refractivity contribution in [2.45, 2.75) is 0 Å². The van der Waals surface area contributed by atoms with Gasteiger partial charge in [0, 0.05) is 17.2 Å². The van der Waals surface area contributed by atoms with Crippen molar-refractivity contribution in [3.63, 3.8) is 0 Å². The summed E-state index contributed by atoms with van der Waals surface area (Å²) in [4.78, 5) is 35.1. The van der Waals surface area contributed by atoms with E-state index in [2.05, 4.69) is 5.32 Å². The molecule has 0 fully saturated rings. The molecule has 0 aliphatic heterocycles. The zero-order valence-corrected chi connectivity index (χ0v) is 19.2. The molecule has 3 aromatic carbocycles. The fourth-order valence-corrected chi connectivity index (χ4v) is 3.40. The number of halogens is 3. The number of benzene rings is 3. The summed E-state index contributed by atoms with van der Waals surface area (Å²) in [6.45, 7) is 0. The number of nitrogens with one attached hydrogen (secondary N) is 1. The molecule has 0 saturated heterocycles. The summed E-state index contributed by atoms with van der Waals surface area (Å²) >= 11 is 17.8. The molecule has 1 N–H and O–H groups in total. The lowest BCUT2D eigenvalue weighted by molar-refractivity contribution is -0.384. The van der Waals surface area contributed by atoms with Crippen molar-refractivity contribution >= 4 is 64.1 Å². The molecule has 0 spiro atoms. The van der Waals surface area contributed by atoms with Gasteiger partial charge in [-0.3, -0.25) is 14.9 Å². The third-order valence-electron chi connectivity index (χ3n) is 4.30. The van der Waals surface area contributed by atoms with Crippen LogP contribution in [0.5, 0.6) is 5.75 Å². The van der Waals surface area contributed by atoms with Crippen molar-refractivity contribution < 1.29 is 19.2 Å². The summed E-state index contributed by atoms with van der Waals surface area (Å²) in [5, 5.41) is 22.9. The average molecular weight is 517 g/mol. The van der Waals surface area contributed by atoms with Gasteiger partial charge in [0.25, 0.3) is 11.6 Å². The standard InChI is InChI=1S/C23H12Cl3N3O5/c24-16-6-4-14(5-7-16)23(31)34-18-3-1-2-13(9-18)8-15(12-27)22(30)28-21-19(25)10-17(29(32)33)11-20(21)26/h1-11H,(H,28,30)/b15-8+. The molecule has 3 aromatic rings. The van der Waals surface area contributed by atoms with E-state index in [-0.39, 0.29) is 32.7 Å². The lowest BCUT2D eigenvalue weighted by atomic mass is 10.1. The molecule has 0 atom stereocenters. The number of ether oxygens (including phenoxy) is 1. The van der Waals surface area contributed by atoms with Crippen LogP contribution in [0.3, 0.4) is 0 Å². The van der Waals surface area contributed by atoms with Crippen LogP contribution in [0, 0.1) is 21.4 Å². The third kappa shape index (κ3) is 6.11. The maximum absolute atomic E-state index is 12.6. The molecule has 11 heteroatoms. The molecule has 0 aliphatic carbocycles. The second-order valence-corrected chi connectivity index (χ2v) is 7.89. The molecule has 0 bridgehead atoms. The van der Waals surface area contributed by atoms with Crippen LogP contribution in [0.4, 0.5) is 11.4 Å². The molecule has 0 aromatic heterocycles. The van der Waals surface area contributed by atoms with E-state index in [4.69, 9.17) is 39.5 Å². The normalized spacial score (nSPS) is 10.8. The van der Waals surface area contributed by atoms with E-state index in [1.165, 1.54) is 30.3 Å². The van der Waals surface area contributed by atoms with E-state index in [0.29, 0.717) is 16.1 Å². The molecule has 3 rings (SSSR count). The fourth-order valence-electron chi connectivity index (χ4n) is 2.70.